The second-order valence-corrected chi connectivity index (χ2v) is 4.76. The van der Waals surface area contributed by atoms with Gasteiger partial charge in [0.05, 0.1) is 0 Å². The van der Waals surface area contributed by atoms with Gasteiger partial charge in [-0.3, -0.25) is 0 Å². The molecular formula is C15H17NO. The molecule has 17 heavy (non-hydrogen) atoms. The fourth-order valence-corrected chi connectivity index (χ4v) is 2.52. The van der Waals surface area contributed by atoms with E-state index in [-0.39, 0.29) is 12.1 Å². The molecule has 0 heterocycles. The lowest BCUT2D eigenvalue weighted by Gasteiger charge is -2.18. The molecule has 2 N–H and O–H groups in total. The zero-order valence-electron chi connectivity index (χ0n) is 9.80. The Balaban J connectivity index is 1.85. The maximum atomic E-state index is 6.01. The van der Waals surface area contributed by atoms with E-state index in [1.165, 1.54) is 17.2 Å². The Kier molecular flexibility index (Phi) is 2.73. The second kappa shape index (κ2) is 4.38. The molecule has 2 aromatic rings. The van der Waals surface area contributed by atoms with Gasteiger partial charge in [-0.15, -0.1) is 0 Å². The molecule has 0 saturated heterocycles. The van der Waals surface area contributed by atoms with E-state index in [1.807, 2.05) is 12.1 Å². The Morgan fingerprint density at radius 3 is 2.59 bits per heavy atom. The molecule has 2 unspecified atom stereocenters. The summed E-state index contributed by atoms with van der Waals surface area (Å²) in [5, 5.41) is 2.46. The summed E-state index contributed by atoms with van der Waals surface area (Å²) in [6.07, 6.45) is 3.53. The molecule has 0 aliphatic heterocycles. The van der Waals surface area contributed by atoms with Crippen LogP contribution in [-0.4, -0.2) is 12.1 Å². The summed E-state index contributed by atoms with van der Waals surface area (Å²) in [7, 11) is 0. The molecule has 1 fully saturated rings. The first-order valence-electron chi connectivity index (χ1n) is 6.24. The lowest BCUT2D eigenvalue weighted by atomic mass is 10.1. The molecular weight excluding hydrogens is 210 g/mol. The first-order valence-corrected chi connectivity index (χ1v) is 6.24. The molecule has 2 atom stereocenters. The molecule has 88 valence electrons. The van der Waals surface area contributed by atoms with Crippen LogP contribution in [0.2, 0.25) is 0 Å². The molecule has 2 aromatic carbocycles. The Morgan fingerprint density at radius 2 is 1.82 bits per heavy atom. The maximum absolute atomic E-state index is 6.01. The monoisotopic (exact) mass is 227 g/mol. The van der Waals surface area contributed by atoms with Crippen LogP contribution in [0.5, 0.6) is 5.75 Å². The molecule has 2 heteroatoms. The molecule has 0 spiro atoms. The van der Waals surface area contributed by atoms with Crippen molar-refractivity contribution in [1.29, 1.82) is 0 Å². The van der Waals surface area contributed by atoms with E-state index < -0.39 is 0 Å². The molecule has 1 aliphatic rings. The Bertz CT molecular complexity index is 523. The molecule has 3 rings (SSSR count). The molecule has 0 bridgehead atoms. The second-order valence-electron chi connectivity index (χ2n) is 4.76. The van der Waals surface area contributed by atoms with Gasteiger partial charge in [0.2, 0.25) is 0 Å². The van der Waals surface area contributed by atoms with E-state index in [9.17, 15) is 0 Å². The first-order chi connectivity index (χ1) is 8.33. The zero-order chi connectivity index (χ0) is 11.7. The topological polar surface area (TPSA) is 35.2 Å². The van der Waals surface area contributed by atoms with Gasteiger partial charge in [0.15, 0.2) is 0 Å². The van der Waals surface area contributed by atoms with Gasteiger partial charge in [-0.2, -0.15) is 0 Å². The van der Waals surface area contributed by atoms with Crippen molar-refractivity contribution >= 4 is 10.8 Å². The summed E-state index contributed by atoms with van der Waals surface area (Å²) in [5.74, 6) is 0.936. The number of fused-ring (bicyclic) bond motifs is 1. The third kappa shape index (κ3) is 2.13. The third-order valence-corrected chi connectivity index (χ3v) is 3.51. The van der Waals surface area contributed by atoms with Crippen molar-refractivity contribution in [2.45, 2.75) is 31.4 Å². The van der Waals surface area contributed by atoms with Crippen LogP contribution in [-0.2, 0) is 0 Å². The molecule has 0 radical (unpaired) electrons. The quantitative estimate of drug-likeness (QED) is 0.855. The van der Waals surface area contributed by atoms with Gasteiger partial charge < -0.3 is 10.5 Å². The van der Waals surface area contributed by atoms with E-state index >= 15 is 0 Å². The molecule has 1 aliphatic carbocycles. The van der Waals surface area contributed by atoms with E-state index in [0.29, 0.717) is 0 Å². The van der Waals surface area contributed by atoms with Gasteiger partial charge in [-0.25, -0.2) is 0 Å². The normalized spacial score (nSPS) is 24.1. The standard InChI is InChI=1S/C15H17NO/c16-14-6-3-7-15(14)17-13-9-8-11-4-1-2-5-12(11)10-13/h1-2,4-5,8-10,14-15H,3,6-7,16H2. The highest BCUT2D eigenvalue weighted by atomic mass is 16.5. The van der Waals surface area contributed by atoms with Crippen molar-refractivity contribution in [3.8, 4) is 5.75 Å². The number of ether oxygens (including phenoxy) is 1. The lowest BCUT2D eigenvalue weighted by Crippen LogP contribution is -2.33. The summed E-state index contributed by atoms with van der Waals surface area (Å²) in [6, 6.07) is 14.8. The van der Waals surface area contributed by atoms with Gasteiger partial charge in [-0.1, -0.05) is 30.3 Å². The Labute approximate surface area is 101 Å². The van der Waals surface area contributed by atoms with Crippen LogP contribution in [0.15, 0.2) is 42.5 Å². The highest BCUT2D eigenvalue weighted by molar-refractivity contribution is 5.83. The number of hydrogen-bond donors (Lipinski definition) is 1. The number of nitrogens with two attached hydrogens (primary N) is 1. The highest BCUT2D eigenvalue weighted by Crippen LogP contribution is 2.26. The van der Waals surface area contributed by atoms with Crippen LogP contribution in [0.1, 0.15) is 19.3 Å². The summed E-state index contributed by atoms with van der Waals surface area (Å²) >= 11 is 0. The van der Waals surface area contributed by atoms with Crippen molar-refractivity contribution in [1.82, 2.24) is 0 Å². The smallest absolute Gasteiger partial charge is 0.120 e. The van der Waals surface area contributed by atoms with Crippen LogP contribution < -0.4 is 10.5 Å². The molecule has 2 nitrogen and oxygen atoms in total. The summed E-state index contributed by atoms with van der Waals surface area (Å²) < 4.78 is 5.97. The van der Waals surface area contributed by atoms with E-state index in [2.05, 4.69) is 30.3 Å². The third-order valence-electron chi connectivity index (χ3n) is 3.51. The van der Waals surface area contributed by atoms with Crippen molar-refractivity contribution in [3.05, 3.63) is 42.5 Å². The minimum Gasteiger partial charge on any atom is -0.489 e. The first kappa shape index (κ1) is 10.6. The number of benzene rings is 2. The van der Waals surface area contributed by atoms with Crippen LogP contribution in [0.4, 0.5) is 0 Å². The fraction of sp³-hybridized carbons (Fsp3) is 0.333. The average molecular weight is 227 g/mol. The molecule has 0 aromatic heterocycles. The van der Waals surface area contributed by atoms with Gasteiger partial charge in [0.1, 0.15) is 11.9 Å². The zero-order valence-corrected chi connectivity index (χ0v) is 9.80. The summed E-state index contributed by atoms with van der Waals surface area (Å²) in [5.41, 5.74) is 6.01. The minimum atomic E-state index is 0.191. The van der Waals surface area contributed by atoms with Crippen molar-refractivity contribution in [3.63, 3.8) is 0 Å². The Morgan fingerprint density at radius 1 is 1.00 bits per heavy atom. The number of hydrogen-bond acceptors (Lipinski definition) is 2. The highest BCUT2D eigenvalue weighted by Gasteiger charge is 2.25. The van der Waals surface area contributed by atoms with Crippen molar-refractivity contribution in [2.75, 3.05) is 0 Å². The van der Waals surface area contributed by atoms with E-state index in [4.69, 9.17) is 10.5 Å². The minimum absolute atomic E-state index is 0.191. The van der Waals surface area contributed by atoms with Gasteiger partial charge >= 0.3 is 0 Å². The molecule has 1 saturated carbocycles. The lowest BCUT2D eigenvalue weighted by molar-refractivity contribution is 0.192. The average Bonchev–Trinajstić information content (AvgIpc) is 2.75. The van der Waals surface area contributed by atoms with E-state index in [0.717, 1.165) is 18.6 Å². The predicted octanol–water partition coefficient (Wildman–Crippen LogP) is 3.10. The maximum Gasteiger partial charge on any atom is 0.120 e. The van der Waals surface area contributed by atoms with Crippen molar-refractivity contribution in [2.24, 2.45) is 5.73 Å². The van der Waals surface area contributed by atoms with Crippen LogP contribution in [0, 0.1) is 0 Å². The van der Waals surface area contributed by atoms with Gasteiger partial charge in [0, 0.05) is 6.04 Å². The van der Waals surface area contributed by atoms with Crippen LogP contribution >= 0.6 is 0 Å². The fourth-order valence-electron chi connectivity index (χ4n) is 2.52. The van der Waals surface area contributed by atoms with Crippen LogP contribution in [0.3, 0.4) is 0 Å². The molecule has 0 amide bonds. The summed E-state index contributed by atoms with van der Waals surface area (Å²) in [4.78, 5) is 0. The summed E-state index contributed by atoms with van der Waals surface area (Å²) in [6.45, 7) is 0. The van der Waals surface area contributed by atoms with Crippen LogP contribution in [0.25, 0.3) is 10.8 Å². The van der Waals surface area contributed by atoms with E-state index in [1.54, 1.807) is 0 Å². The van der Waals surface area contributed by atoms with Gasteiger partial charge in [0.25, 0.3) is 0 Å². The van der Waals surface area contributed by atoms with Gasteiger partial charge in [-0.05, 0) is 42.2 Å². The SMILES string of the molecule is NC1CCCC1Oc1ccc2ccccc2c1. The Hall–Kier alpha value is -1.54. The van der Waals surface area contributed by atoms with Crippen molar-refractivity contribution < 1.29 is 4.74 Å². The predicted molar refractivity (Wildman–Crippen MR) is 70.2 cm³/mol. The largest absolute Gasteiger partial charge is 0.489 e. The number of rotatable bonds is 2.